The zero-order chi connectivity index (χ0) is 14.4. The number of carbonyl (C=O) groups excluding carboxylic acids is 1. The molecule has 2 rings (SSSR count). The lowest BCUT2D eigenvalue weighted by Crippen LogP contribution is -2.34. The van der Waals surface area contributed by atoms with Crippen molar-refractivity contribution in [2.45, 2.75) is 58.7 Å². The van der Waals surface area contributed by atoms with E-state index in [1.807, 2.05) is 11.1 Å². The molecule has 1 aliphatic rings. The number of nitrogens with zero attached hydrogens (tertiary/aromatic N) is 4. The highest BCUT2D eigenvalue weighted by Gasteiger charge is 2.16. The maximum absolute atomic E-state index is 12.2. The van der Waals surface area contributed by atoms with Gasteiger partial charge in [0.25, 0.3) is 0 Å². The molecule has 1 aliphatic heterocycles. The Labute approximate surface area is 120 Å². The molecule has 0 aromatic carbocycles. The fourth-order valence-electron chi connectivity index (χ4n) is 2.36. The van der Waals surface area contributed by atoms with Crippen LogP contribution in [0.5, 0.6) is 0 Å². The van der Waals surface area contributed by atoms with Gasteiger partial charge in [0.1, 0.15) is 6.54 Å². The van der Waals surface area contributed by atoms with Gasteiger partial charge in [-0.05, 0) is 12.8 Å². The first-order valence-electron chi connectivity index (χ1n) is 7.55. The van der Waals surface area contributed by atoms with E-state index in [2.05, 4.69) is 29.5 Å². The Morgan fingerprint density at radius 2 is 2.00 bits per heavy atom. The lowest BCUT2D eigenvalue weighted by atomic mass is 10.2. The van der Waals surface area contributed by atoms with Crippen LogP contribution in [-0.4, -0.2) is 44.9 Å². The molecular formula is C14H25N5O. The van der Waals surface area contributed by atoms with Gasteiger partial charge in [0.05, 0.1) is 11.9 Å². The van der Waals surface area contributed by atoms with Crippen molar-refractivity contribution in [2.75, 3.05) is 13.1 Å². The second-order valence-corrected chi connectivity index (χ2v) is 5.74. The molecule has 6 heteroatoms. The van der Waals surface area contributed by atoms with Crippen molar-refractivity contribution in [3.8, 4) is 0 Å². The second kappa shape index (κ2) is 7.38. The normalized spacial score (nSPS) is 16.4. The van der Waals surface area contributed by atoms with Gasteiger partial charge in [0.2, 0.25) is 5.91 Å². The topological polar surface area (TPSA) is 63.1 Å². The van der Waals surface area contributed by atoms with Crippen molar-refractivity contribution >= 4 is 5.91 Å². The molecule has 0 unspecified atom stereocenters. The molecule has 1 amide bonds. The SMILES string of the molecule is CC(C)NCc1cn(CC(=O)N2CCCCCC2)nn1. The summed E-state index contributed by atoms with van der Waals surface area (Å²) in [7, 11) is 0. The van der Waals surface area contributed by atoms with E-state index in [1.54, 1.807) is 4.68 Å². The maximum atomic E-state index is 12.2. The van der Waals surface area contributed by atoms with Gasteiger partial charge in [-0.1, -0.05) is 31.9 Å². The first-order valence-corrected chi connectivity index (χ1v) is 7.55. The number of aromatic nitrogens is 3. The molecule has 20 heavy (non-hydrogen) atoms. The molecule has 2 heterocycles. The lowest BCUT2D eigenvalue weighted by Gasteiger charge is -2.19. The third kappa shape index (κ3) is 4.59. The molecule has 0 bridgehead atoms. The number of nitrogens with one attached hydrogen (secondary N) is 1. The van der Waals surface area contributed by atoms with Crippen molar-refractivity contribution in [2.24, 2.45) is 0 Å². The summed E-state index contributed by atoms with van der Waals surface area (Å²) >= 11 is 0. The summed E-state index contributed by atoms with van der Waals surface area (Å²) in [6.07, 6.45) is 6.56. The van der Waals surface area contributed by atoms with Crippen LogP contribution < -0.4 is 5.32 Å². The Bertz CT molecular complexity index is 421. The molecule has 1 saturated heterocycles. The van der Waals surface area contributed by atoms with Crippen LogP contribution in [-0.2, 0) is 17.9 Å². The van der Waals surface area contributed by atoms with Gasteiger partial charge in [0.15, 0.2) is 0 Å². The minimum Gasteiger partial charge on any atom is -0.341 e. The van der Waals surface area contributed by atoms with Crippen molar-refractivity contribution in [3.63, 3.8) is 0 Å². The first-order chi connectivity index (χ1) is 9.65. The van der Waals surface area contributed by atoms with Gasteiger partial charge in [0, 0.05) is 25.7 Å². The van der Waals surface area contributed by atoms with Crippen LogP contribution >= 0.6 is 0 Å². The largest absolute Gasteiger partial charge is 0.341 e. The molecule has 1 fully saturated rings. The summed E-state index contributed by atoms with van der Waals surface area (Å²) < 4.78 is 1.64. The van der Waals surface area contributed by atoms with Gasteiger partial charge in [-0.2, -0.15) is 0 Å². The Balaban J connectivity index is 1.84. The summed E-state index contributed by atoms with van der Waals surface area (Å²) in [4.78, 5) is 14.2. The zero-order valence-corrected chi connectivity index (χ0v) is 12.5. The monoisotopic (exact) mass is 279 g/mol. The van der Waals surface area contributed by atoms with Gasteiger partial charge >= 0.3 is 0 Å². The molecule has 0 atom stereocenters. The standard InChI is InChI=1S/C14H25N5O/c1-12(2)15-9-13-10-19(17-16-13)11-14(20)18-7-5-3-4-6-8-18/h10,12,15H,3-9,11H2,1-2H3. The van der Waals surface area contributed by atoms with Gasteiger partial charge in [-0.3, -0.25) is 4.79 Å². The third-order valence-electron chi connectivity index (χ3n) is 3.53. The number of rotatable bonds is 5. The molecule has 1 aromatic heterocycles. The zero-order valence-electron chi connectivity index (χ0n) is 12.5. The van der Waals surface area contributed by atoms with Gasteiger partial charge in [-0.15, -0.1) is 5.10 Å². The van der Waals surface area contributed by atoms with E-state index in [0.717, 1.165) is 31.6 Å². The molecule has 6 nitrogen and oxygen atoms in total. The van der Waals surface area contributed by atoms with Crippen molar-refractivity contribution < 1.29 is 4.79 Å². The van der Waals surface area contributed by atoms with Crippen LogP contribution in [0, 0.1) is 0 Å². The lowest BCUT2D eigenvalue weighted by molar-refractivity contribution is -0.132. The van der Waals surface area contributed by atoms with Crippen LogP contribution in [0.15, 0.2) is 6.20 Å². The van der Waals surface area contributed by atoms with Crippen LogP contribution in [0.2, 0.25) is 0 Å². The van der Waals surface area contributed by atoms with E-state index >= 15 is 0 Å². The van der Waals surface area contributed by atoms with Crippen molar-refractivity contribution in [1.29, 1.82) is 0 Å². The van der Waals surface area contributed by atoms with Crippen molar-refractivity contribution in [1.82, 2.24) is 25.2 Å². The molecule has 1 aromatic rings. The van der Waals surface area contributed by atoms with Gasteiger partial charge in [-0.25, -0.2) is 4.68 Å². The summed E-state index contributed by atoms with van der Waals surface area (Å²) in [5.74, 6) is 0.153. The number of hydrogen-bond acceptors (Lipinski definition) is 4. The predicted octanol–water partition coefficient (Wildman–Crippen LogP) is 1.18. The van der Waals surface area contributed by atoms with E-state index in [0.29, 0.717) is 19.1 Å². The Hall–Kier alpha value is -1.43. The maximum Gasteiger partial charge on any atom is 0.244 e. The van der Waals surface area contributed by atoms with E-state index in [4.69, 9.17) is 0 Å². The minimum absolute atomic E-state index is 0.153. The third-order valence-corrected chi connectivity index (χ3v) is 3.53. The summed E-state index contributed by atoms with van der Waals surface area (Å²) in [5.41, 5.74) is 0.877. The van der Waals surface area contributed by atoms with Crippen molar-refractivity contribution in [3.05, 3.63) is 11.9 Å². The first kappa shape index (κ1) is 15.0. The summed E-state index contributed by atoms with van der Waals surface area (Å²) in [5, 5.41) is 11.4. The average molecular weight is 279 g/mol. The Kier molecular flexibility index (Phi) is 5.52. The number of amides is 1. The highest BCUT2D eigenvalue weighted by Crippen LogP contribution is 2.10. The second-order valence-electron chi connectivity index (χ2n) is 5.74. The number of carbonyl (C=O) groups is 1. The highest BCUT2D eigenvalue weighted by molar-refractivity contribution is 5.75. The molecule has 0 aliphatic carbocycles. The predicted molar refractivity (Wildman–Crippen MR) is 77.0 cm³/mol. The molecule has 0 radical (unpaired) electrons. The smallest absolute Gasteiger partial charge is 0.244 e. The van der Waals surface area contributed by atoms with Gasteiger partial charge < -0.3 is 10.2 Å². The number of likely N-dealkylation sites (tertiary alicyclic amines) is 1. The molecular weight excluding hydrogens is 254 g/mol. The van der Waals surface area contributed by atoms with E-state index in [-0.39, 0.29) is 5.91 Å². The van der Waals surface area contributed by atoms with Crippen LogP contribution in [0.4, 0.5) is 0 Å². The number of hydrogen-bond donors (Lipinski definition) is 1. The Morgan fingerprint density at radius 3 is 2.65 bits per heavy atom. The fourth-order valence-corrected chi connectivity index (χ4v) is 2.36. The van der Waals surface area contributed by atoms with Crippen LogP contribution in [0.3, 0.4) is 0 Å². The fraction of sp³-hybridized carbons (Fsp3) is 0.786. The van der Waals surface area contributed by atoms with Crippen LogP contribution in [0.1, 0.15) is 45.2 Å². The quantitative estimate of drug-likeness (QED) is 0.879. The van der Waals surface area contributed by atoms with E-state index < -0.39 is 0 Å². The molecule has 0 spiro atoms. The average Bonchev–Trinajstić information content (AvgIpc) is 2.68. The molecule has 1 N–H and O–H groups in total. The molecule has 112 valence electrons. The summed E-state index contributed by atoms with van der Waals surface area (Å²) in [6.45, 7) is 6.94. The van der Waals surface area contributed by atoms with Crippen LogP contribution in [0.25, 0.3) is 0 Å². The summed E-state index contributed by atoms with van der Waals surface area (Å²) in [6, 6.07) is 0.416. The van der Waals surface area contributed by atoms with E-state index in [1.165, 1.54) is 12.8 Å². The molecule has 0 saturated carbocycles. The Morgan fingerprint density at radius 1 is 1.30 bits per heavy atom. The minimum atomic E-state index is 0.153. The van der Waals surface area contributed by atoms with E-state index in [9.17, 15) is 4.79 Å². The highest BCUT2D eigenvalue weighted by atomic mass is 16.2.